The molecule has 0 atom stereocenters. The topological polar surface area (TPSA) is 95.4 Å². The van der Waals surface area contributed by atoms with Gasteiger partial charge in [0.05, 0.1) is 26.4 Å². The molecule has 3 heterocycles. The Balaban J connectivity index is 1.96. The van der Waals surface area contributed by atoms with Crippen LogP contribution in [-0.4, -0.2) is 44.5 Å². The highest BCUT2D eigenvalue weighted by atomic mass is 35.5. The number of rotatable bonds is 0. The fourth-order valence-corrected chi connectivity index (χ4v) is 5.32. The third-order valence-corrected chi connectivity index (χ3v) is 6.77. The zero-order valence-electron chi connectivity index (χ0n) is 13.4. The van der Waals surface area contributed by atoms with Gasteiger partial charge in [-0.2, -0.15) is 13.2 Å². The van der Waals surface area contributed by atoms with Crippen LogP contribution in [0.4, 0.5) is 18.0 Å². The van der Waals surface area contributed by atoms with Gasteiger partial charge in [-0.3, -0.25) is 14.3 Å². The molecule has 0 radical (unpaired) electrons. The lowest BCUT2D eigenvalue weighted by molar-refractivity contribution is -0.137. The van der Waals surface area contributed by atoms with Gasteiger partial charge in [0.15, 0.2) is 0 Å². The number of halogens is 4. The molecule has 1 spiro atoms. The summed E-state index contributed by atoms with van der Waals surface area (Å²) >= 11 is 7.02. The Morgan fingerprint density at radius 2 is 1.96 bits per heavy atom. The highest BCUT2D eigenvalue weighted by Crippen LogP contribution is 2.48. The predicted octanol–water partition coefficient (Wildman–Crippen LogP) is 2.45. The van der Waals surface area contributed by atoms with Gasteiger partial charge in [0.2, 0.25) is 0 Å². The molecule has 1 aromatic carbocycles. The summed E-state index contributed by atoms with van der Waals surface area (Å²) in [6.45, 7) is 0.352. The number of benzene rings is 1. The quantitative estimate of drug-likeness (QED) is 0.681. The van der Waals surface area contributed by atoms with E-state index in [4.69, 9.17) is 16.7 Å². The molecule has 12 heteroatoms. The summed E-state index contributed by atoms with van der Waals surface area (Å²) in [6.07, 6.45) is -5.88. The lowest BCUT2D eigenvalue weighted by atomic mass is 9.81. The van der Waals surface area contributed by atoms with Crippen LogP contribution < -0.4 is 11.2 Å². The molecular formula is C15H11ClF3N3O4S. The van der Waals surface area contributed by atoms with E-state index < -0.39 is 39.5 Å². The van der Waals surface area contributed by atoms with E-state index in [0.717, 1.165) is 16.7 Å². The Labute approximate surface area is 157 Å². The van der Waals surface area contributed by atoms with Crippen molar-refractivity contribution < 1.29 is 23.1 Å². The molecule has 0 unspecified atom stereocenters. The van der Waals surface area contributed by atoms with Crippen LogP contribution in [0, 0.1) is 5.41 Å². The van der Waals surface area contributed by atoms with Crippen molar-refractivity contribution in [2.75, 3.05) is 18.8 Å². The second-order valence-electron chi connectivity index (χ2n) is 6.73. The number of H-pyrrole nitrogens is 1. The van der Waals surface area contributed by atoms with Crippen molar-refractivity contribution >= 4 is 40.4 Å². The average Bonchev–Trinajstić information content (AvgIpc) is 2.69. The Hall–Kier alpha value is -2.14. The van der Waals surface area contributed by atoms with E-state index >= 15 is 0 Å². The number of nitrogens with one attached hydrogen (secondary N) is 1. The van der Waals surface area contributed by atoms with E-state index in [9.17, 15) is 27.6 Å². The van der Waals surface area contributed by atoms with Crippen LogP contribution >= 0.6 is 23.4 Å². The van der Waals surface area contributed by atoms with E-state index in [1.165, 1.54) is 4.57 Å². The molecular weight excluding hydrogens is 411 g/mol. The van der Waals surface area contributed by atoms with Crippen molar-refractivity contribution in [2.24, 2.45) is 5.41 Å². The number of likely N-dealkylation sites (tertiary alicyclic amines) is 1. The standard InChI is InChI=1S/C15H11ClF3N3O4S/c16-8-7(15(17,18)19)1-6-9-10(8)27-5-14(2-21(3-14)13(25)26)4-22(9)12(24)20-11(6)23/h1H,2-5H2,(H,25,26)(H,20,23,24). The lowest BCUT2D eigenvalue weighted by Crippen LogP contribution is -2.61. The second kappa shape index (κ2) is 5.68. The van der Waals surface area contributed by atoms with E-state index in [2.05, 4.69) is 0 Å². The largest absolute Gasteiger partial charge is 0.465 e. The summed E-state index contributed by atoms with van der Waals surface area (Å²) in [6, 6.07) is 0.652. The van der Waals surface area contributed by atoms with Crippen molar-refractivity contribution in [3.05, 3.63) is 37.5 Å². The highest BCUT2D eigenvalue weighted by molar-refractivity contribution is 7.99. The van der Waals surface area contributed by atoms with Crippen molar-refractivity contribution in [3.8, 4) is 0 Å². The van der Waals surface area contributed by atoms with E-state index in [0.29, 0.717) is 6.07 Å². The van der Waals surface area contributed by atoms with Gasteiger partial charge in [-0.1, -0.05) is 11.6 Å². The fourth-order valence-electron chi connectivity index (χ4n) is 3.58. The maximum absolute atomic E-state index is 13.3. The first-order chi connectivity index (χ1) is 12.5. The van der Waals surface area contributed by atoms with Crippen molar-refractivity contribution in [2.45, 2.75) is 17.6 Å². The SMILES string of the molecule is O=C(O)N1CC2(CSc3c(Cl)c(C(F)(F)F)cc4c(=O)[nH]c(=O)n(c34)C2)C1. The number of nitrogens with zero attached hydrogens (tertiary/aromatic N) is 2. The third kappa shape index (κ3) is 2.71. The summed E-state index contributed by atoms with van der Waals surface area (Å²) in [5, 5.41) is 8.22. The van der Waals surface area contributed by atoms with E-state index in [1.807, 2.05) is 4.98 Å². The molecule has 1 saturated heterocycles. The molecule has 2 aliphatic rings. The fraction of sp³-hybridized carbons (Fsp3) is 0.400. The molecule has 1 amide bonds. The molecule has 0 aliphatic carbocycles. The van der Waals surface area contributed by atoms with Crippen LogP contribution in [0.3, 0.4) is 0 Å². The lowest BCUT2D eigenvalue weighted by Gasteiger charge is -2.48. The van der Waals surface area contributed by atoms with Gasteiger partial charge in [0.25, 0.3) is 5.56 Å². The summed E-state index contributed by atoms with van der Waals surface area (Å²) < 4.78 is 41.2. The molecule has 7 nitrogen and oxygen atoms in total. The molecule has 2 N–H and O–H groups in total. The van der Waals surface area contributed by atoms with Crippen LogP contribution in [0.1, 0.15) is 5.56 Å². The van der Waals surface area contributed by atoms with Crippen molar-refractivity contribution in [1.29, 1.82) is 0 Å². The van der Waals surface area contributed by atoms with Gasteiger partial charge in [-0.25, -0.2) is 9.59 Å². The first-order valence-corrected chi connectivity index (χ1v) is 9.06. The van der Waals surface area contributed by atoms with Crippen LogP contribution in [0.25, 0.3) is 10.9 Å². The Kier molecular flexibility index (Phi) is 3.83. The van der Waals surface area contributed by atoms with Gasteiger partial charge in [-0.15, -0.1) is 11.8 Å². The highest BCUT2D eigenvalue weighted by Gasteiger charge is 2.48. The Morgan fingerprint density at radius 3 is 2.56 bits per heavy atom. The maximum Gasteiger partial charge on any atom is 0.417 e. The second-order valence-corrected chi connectivity index (χ2v) is 8.10. The number of aromatic amines is 1. The maximum atomic E-state index is 13.3. The molecule has 2 aromatic rings. The van der Waals surface area contributed by atoms with Crippen LogP contribution in [0.15, 0.2) is 20.6 Å². The summed E-state index contributed by atoms with van der Waals surface area (Å²) in [5.41, 5.74) is -3.41. The predicted molar refractivity (Wildman–Crippen MR) is 91.6 cm³/mol. The zero-order chi connectivity index (χ0) is 19.7. The molecule has 2 aliphatic heterocycles. The van der Waals surface area contributed by atoms with Gasteiger partial charge in [0.1, 0.15) is 0 Å². The average molecular weight is 422 g/mol. The number of carboxylic acid groups (broad SMARTS) is 1. The molecule has 27 heavy (non-hydrogen) atoms. The van der Waals surface area contributed by atoms with Gasteiger partial charge in [-0.05, 0) is 6.07 Å². The summed E-state index contributed by atoms with van der Waals surface area (Å²) in [5.74, 6) is 0.266. The molecule has 0 saturated carbocycles. The van der Waals surface area contributed by atoms with Crippen molar-refractivity contribution in [3.63, 3.8) is 0 Å². The minimum Gasteiger partial charge on any atom is -0.465 e. The summed E-state index contributed by atoms with van der Waals surface area (Å²) in [7, 11) is 0. The van der Waals surface area contributed by atoms with E-state index in [-0.39, 0.29) is 41.2 Å². The minimum absolute atomic E-state index is 0.00958. The smallest absolute Gasteiger partial charge is 0.417 e. The zero-order valence-corrected chi connectivity index (χ0v) is 15.0. The Bertz CT molecular complexity index is 1100. The van der Waals surface area contributed by atoms with Crippen LogP contribution in [-0.2, 0) is 12.7 Å². The van der Waals surface area contributed by atoms with Crippen LogP contribution in [0.5, 0.6) is 0 Å². The first-order valence-electron chi connectivity index (χ1n) is 7.70. The molecule has 1 aromatic heterocycles. The molecule has 4 rings (SSSR count). The number of hydrogen-bond donors (Lipinski definition) is 2. The first kappa shape index (κ1) is 18.2. The monoisotopic (exact) mass is 421 g/mol. The normalized spacial score (nSPS) is 18.4. The van der Waals surface area contributed by atoms with Crippen molar-refractivity contribution in [1.82, 2.24) is 14.5 Å². The summed E-state index contributed by atoms with van der Waals surface area (Å²) in [4.78, 5) is 38.8. The minimum atomic E-state index is -4.77. The number of alkyl halides is 3. The number of carbonyl (C=O) groups is 1. The van der Waals surface area contributed by atoms with Gasteiger partial charge >= 0.3 is 18.0 Å². The number of hydrogen-bond acceptors (Lipinski definition) is 4. The van der Waals surface area contributed by atoms with E-state index in [1.54, 1.807) is 0 Å². The molecule has 0 bridgehead atoms. The molecule has 1 fully saturated rings. The number of aromatic nitrogens is 2. The van der Waals surface area contributed by atoms with Gasteiger partial charge < -0.3 is 10.0 Å². The number of amides is 1. The van der Waals surface area contributed by atoms with Crippen LogP contribution in [0.2, 0.25) is 5.02 Å². The molecule has 144 valence electrons. The Morgan fingerprint density at radius 1 is 1.30 bits per heavy atom. The van der Waals surface area contributed by atoms with Gasteiger partial charge in [0, 0.05) is 30.8 Å². The number of thioether (sulfide) groups is 1. The third-order valence-electron chi connectivity index (χ3n) is 4.82.